The Balaban J connectivity index is 2.20. The van der Waals surface area contributed by atoms with Gasteiger partial charge in [-0.15, -0.1) is 0 Å². The van der Waals surface area contributed by atoms with Gasteiger partial charge in [-0.1, -0.05) is 23.2 Å². The molecule has 0 spiro atoms. The van der Waals surface area contributed by atoms with Crippen molar-refractivity contribution in [2.75, 3.05) is 5.32 Å². The summed E-state index contributed by atoms with van der Waals surface area (Å²) < 4.78 is 0. The van der Waals surface area contributed by atoms with Crippen LogP contribution in [0.3, 0.4) is 0 Å². The van der Waals surface area contributed by atoms with E-state index in [-0.39, 0.29) is 10.7 Å². The molecule has 94 valence electrons. The number of nitrogens with zero attached hydrogens (tertiary/aromatic N) is 2. The van der Waals surface area contributed by atoms with E-state index in [0.717, 1.165) is 0 Å². The van der Waals surface area contributed by atoms with Gasteiger partial charge in [-0.3, -0.25) is 9.78 Å². The first kappa shape index (κ1) is 13.3. The third kappa shape index (κ3) is 3.22. The molecule has 2 rings (SSSR count). The fourth-order valence-electron chi connectivity index (χ4n) is 1.41. The molecule has 0 bridgehead atoms. The Hall–Kier alpha value is -2.09. The van der Waals surface area contributed by atoms with Gasteiger partial charge >= 0.3 is 0 Å². The number of nitrogens with one attached hydrogen (secondary N) is 1. The maximum absolute atomic E-state index is 11.9. The van der Waals surface area contributed by atoms with Crippen molar-refractivity contribution in [3.05, 3.63) is 57.8 Å². The number of carbonyl (C=O) groups is 1. The third-order valence-corrected chi connectivity index (χ3v) is 2.85. The van der Waals surface area contributed by atoms with E-state index >= 15 is 0 Å². The fraction of sp³-hybridized carbons (Fsp3) is 0. The number of hydrogen-bond donors (Lipinski definition) is 1. The van der Waals surface area contributed by atoms with Crippen LogP contribution in [-0.4, -0.2) is 10.9 Å². The van der Waals surface area contributed by atoms with Gasteiger partial charge in [0.05, 0.1) is 10.6 Å². The molecule has 2 aromatic rings. The highest BCUT2D eigenvalue weighted by Crippen LogP contribution is 2.20. The van der Waals surface area contributed by atoms with E-state index in [0.29, 0.717) is 16.3 Å². The van der Waals surface area contributed by atoms with E-state index in [4.69, 9.17) is 28.5 Å². The van der Waals surface area contributed by atoms with Crippen LogP contribution < -0.4 is 5.32 Å². The smallest absolute Gasteiger partial charge is 0.274 e. The van der Waals surface area contributed by atoms with Crippen molar-refractivity contribution in [3.8, 4) is 6.07 Å². The summed E-state index contributed by atoms with van der Waals surface area (Å²) in [6.07, 6.45) is 1.45. The molecule has 4 nitrogen and oxygen atoms in total. The van der Waals surface area contributed by atoms with Crippen molar-refractivity contribution in [2.45, 2.75) is 0 Å². The molecule has 0 aliphatic rings. The number of halogens is 2. The van der Waals surface area contributed by atoms with Gasteiger partial charge in [-0.05, 0) is 30.3 Å². The number of amides is 1. The molecule has 1 amide bonds. The minimum Gasteiger partial charge on any atom is -0.321 e. The number of aromatic nitrogens is 1. The average molecular weight is 292 g/mol. The summed E-state index contributed by atoms with van der Waals surface area (Å²) in [7, 11) is 0. The first-order chi connectivity index (χ1) is 9.10. The standard InChI is InChI=1S/C13H7Cl2N3O/c14-9-3-4-17-12(5-9)13(19)18-10-2-1-8(7-16)11(15)6-10/h1-6H,(H,18,19). The lowest BCUT2D eigenvalue weighted by Gasteiger charge is -2.05. The third-order valence-electron chi connectivity index (χ3n) is 2.30. The van der Waals surface area contributed by atoms with Crippen molar-refractivity contribution in [3.63, 3.8) is 0 Å². The van der Waals surface area contributed by atoms with E-state index in [1.165, 1.54) is 24.4 Å². The van der Waals surface area contributed by atoms with Crippen LogP contribution in [0, 0.1) is 11.3 Å². The predicted octanol–water partition coefficient (Wildman–Crippen LogP) is 3.51. The number of benzene rings is 1. The van der Waals surface area contributed by atoms with Crippen molar-refractivity contribution in [1.29, 1.82) is 5.26 Å². The minimum absolute atomic E-state index is 0.202. The first-order valence-electron chi connectivity index (χ1n) is 5.22. The zero-order valence-corrected chi connectivity index (χ0v) is 11.0. The molecule has 0 saturated carbocycles. The van der Waals surface area contributed by atoms with Gasteiger partial charge in [0.15, 0.2) is 0 Å². The van der Waals surface area contributed by atoms with Gasteiger partial charge in [-0.25, -0.2) is 0 Å². The number of anilines is 1. The van der Waals surface area contributed by atoms with Crippen LogP contribution in [0.1, 0.15) is 16.1 Å². The number of nitriles is 1. The summed E-state index contributed by atoms with van der Waals surface area (Å²) in [5, 5.41) is 12.1. The van der Waals surface area contributed by atoms with Gasteiger partial charge < -0.3 is 5.32 Å². The van der Waals surface area contributed by atoms with E-state index in [1.54, 1.807) is 12.1 Å². The molecule has 1 N–H and O–H groups in total. The zero-order valence-electron chi connectivity index (χ0n) is 9.52. The van der Waals surface area contributed by atoms with E-state index in [2.05, 4.69) is 10.3 Å². The van der Waals surface area contributed by atoms with Crippen LogP contribution in [0.25, 0.3) is 0 Å². The van der Waals surface area contributed by atoms with E-state index in [9.17, 15) is 4.79 Å². The lowest BCUT2D eigenvalue weighted by atomic mass is 10.2. The predicted molar refractivity (Wildman–Crippen MR) is 73.4 cm³/mol. The zero-order chi connectivity index (χ0) is 13.8. The Kier molecular flexibility index (Phi) is 4.00. The first-order valence-corrected chi connectivity index (χ1v) is 5.98. The molecule has 0 radical (unpaired) electrons. The largest absolute Gasteiger partial charge is 0.321 e. The quantitative estimate of drug-likeness (QED) is 0.921. The molecule has 0 aliphatic heterocycles. The molecular formula is C13H7Cl2N3O. The van der Waals surface area contributed by atoms with Crippen LogP contribution in [0.2, 0.25) is 10.0 Å². The van der Waals surface area contributed by atoms with Crippen molar-refractivity contribution >= 4 is 34.8 Å². The molecule has 0 fully saturated rings. The summed E-state index contributed by atoms with van der Waals surface area (Å²) >= 11 is 11.7. The highest BCUT2D eigenvalue weighted by molar-refractivity contribution is 6.32. The van der Waals surface area contributed by atoms with Crippen LogP contribution in [-0.2, 0) is 0 Å². The summed E-state index contributed by atoms with van der Waals surface area (Å²) in [5.41, 5.74) is 1.03. The number of carbonyl (C=O) groups excluding carboxylic acids is 1. The van der Waals surface area contributed by atoms with Gasteiger partial charge in [0, 0.05) is 16.9 Å². The van der Waals surface area contributed by atoms with Crippen LogP contribution in [0.15, 0.2) is 36.5 Å². The van der Waals surface area contributed by atoms with Gasteiger partial charge in [0.1, 0.15) is 11.8 Å². The molecular weight excluding hydrogens is 285 g/mol. The topological polar surface area (TPSA) is 65.8 Å². The summed E-state index contributed by atoms with van der Waals surface area (Å²) in [5.74, 6) is -0.400. The monoisotopic (exact) mass is 291 g/mol. The van der Waals surface area contributed by atoms with Gasteiger partial charge in [0.2, 0.25) is 0 Å². The maximum Gasteiger partial charge on any atom is 0.274 e. The van der Waals surface area contributed by atoms with E-state index in [1.807, 2.05) is 6.07 Å². The second kappa shape index (κ2) is 5.70. The van der Waals surface area contributed by atoms with Crippen LogP contribution in [0.4, 0.5) is 5.69 Å². The molecule has 1 aromatic heterocycles. The molecule has 0 unspecified atom stereocenters. The summed E-state index contributed by atoms with van der Waals surface area (Å²) in [6.45, 7) is 0. The number of rotatable bonds is 2. The summed E-state index contributed by atoms with van der Waals surface area (Å²) in [4.78, 5) is 15.8. The Morgan fingerprint density at radius 1 is 1.26 bits per heavy atom. The van der Waals surface area contributed by atoms with Crippen molar-refractivity contribution in [1.82, 2.24) is 4.98 Å². The maximum atomic E-state index is 11.9. The normalized spacial score (nSPS) is 9.74. The Labute approximate surface area is 119 Å². The van der Waals surface area contributed by atoms with Crippen LogP contribution in [0.5, 0.6) is 0 Å². The Bertz CT molecular complexity index is 680. The lowest BCUT2D eigenvalue weighted by molar-refractivity contribution is 0.102. The highest BCUT2D eigenvalue weighted by Gasteiger charge is 2.09. The highest BCUT2D eigenvalue weighted by atomic mass is 35.5. The average Bonchev–Trinajstić information content (AvgIpc) is 2.39. The lowest BCUT2D eigenvalue weighted by Crippen LogP contribution is -2.13. The molecule has 1 aromatic carbocycles. The fourth-order valence-corrected chi connectivity index (χ4v) is 1.79. The van der Waals surface area contributed by atoms with Crippen molar-refractivity contribution in [2.24, 2.45) is 0 Å². The number of hydrogen-bond acceptors (Lipinski definition) is 3. The summed E-state index contributed by atoms with van der Waals surface area (Å²) in [6, 6.07) is 9.61. The Morgan fingerprint density at radius 3 is 2.68 bits per heavy atom. The van der Waals surface area contributed by atoms with Gasteiger partial charge in [-0.2, -0.15) is 5.26 Å². The molecule has 19 heavy (non-hydrogen) atoms. The van der Waals surface area contributed by atoms with E-state index < -0.39 is 5.91 Å². The SMILES string of the molecule is N#Cc1ccc(NC(=O)c2cc(Cl)ccn2)cc1Cl. The van der Waals surface area contributed by atoms with Gasteiger partial charge in [0.25, 0.3) is 5.91 Å². The van der Waals surface area contributed by atoms with Crippen LogP contribution >= 0.6 is 23.2 Å². The van der Waals surface area contributed by atoms with Crippen molar-refractivity contribution < 1.29 is 4.79 Å². The second-order valence-corrected chi connectivity index (χ2v) is 4.46. The molecule has 0 aliphatic carbocycles. The molecule has 1 heterocycles. The minimum atomic E-state index is -0.400. The second-order valence-electron chi connectivity index (χ2n) is 3.62. The number of pyridine rings is 1. The molecule has 6 heteroatoms. The molecule has 0 atom stereocenters. The Morgan fingerprint density at radius 2 is 2.05 bits per heavy atom. The molecule has 0 saturated heterocycles.